The Bertz CT molecular complexity index is 947. The van der Waals surface area contributed by atoms with E-state index in [4.69, 9.17) is 11.6 Å². The first-order chi connectivity index (χ1) is 13.1. The summed E-state index contributed by atoms with van der Waals surface area (Å²) in [5.74, 6) is 0.193. The molecule has 2 aromatic carbocycles. The van der Waals surface area contributed by atoms with Crippen molar-refractivity contribution in [2.24, 2.45) is 0 Å². The van der Waals surface area contributed by atoms with E-state index < -0.39 is 0 Å². The molecule has 138 valence electrons. The molecule has 0 radical (unpaired) electrons. The van der Waals surface area contributed by atoms with Crippen LogP contribution in [0, 0.1) is 0 Å². The van der Waals surface area contributed by atoms with Gasteiger partial charge in [0.25, 0.3) is 5.91 Å². The maximum absolute atomic E-state index is 12.8. The van der Waals surface area contributed by atoms with E-state index >= 15 is 0 Å². The van der Waals surface area contributed by atoms with Crippen LogP contribution < -0.4 is 4.90 Å². The molecule has 1 fully saturated rings. The summed E-state index contributed by atoms with van der Waals surface area (Å²) in [5.41, 5.74) is 2.88. The molecule has 1 amide bonds. The number of carbonyl (C=O) groups is 1. The number of aromatic hydroxyl groups is 1. The number of aromatic amines is 1. The van der Waals surface area contributed by atoms with Gasteiger partial charge in [0.15, 0.2) is 0 Å². The van der Waals surface area contributed by atoms with Gasteiger partial charge >= 0.3 is 0 Å². The SMILES string of the molecule is O=C(c1cc(-c2ccc(Cl)cc2)n[nH]1)N1CCN(c2ccccc2O)CC1. The molecule has 0 unspecified atom stereocenters. The number of halogens is 1. The molecule has 27 heavy (non-hydrogen) atoms. The molecule has 0 bridgehead atoms. The van der Waals surface area contributed by atoms with Crippen molar-refractivity contribution in [3.8, 4) is 17.0 Å². The number of amides is 1. The molecule has 4 rings (SSSR count). The smallest absolute Gasteiger partial charge is 0.272 e. The second kappa shape index (κ2) is 7.32. The maximum Gasteiger partial charge on any atom is 0.272 e. The monoisotopic (exact) mass is 382 g/mol. The minimum Gasteiger partial charge on any atom is -0.506 e. The highest BCUT2D eigenvalue weighted by Crippen LogP contribution is 2.27. The van der Waals surface area contributed by atoms with Crippen molar-refractivity contribution in [2.75, 3.05) is 31.1 Å². The fourth-order valence-electron chi connectivity index (χ4n) is 3.25. The van der Waals surface area contributed by atoms with Gasteiger partial charge in [0.05, 0.1) is 11.4 Å². The molecule has 1 saturated heterocycles. The van der Waals surface area contributed by atoms with Gasteiger partial charge in [-0.3, -0.25) is 9.89 Å². The number of nitrogens with zero attached hydrogens (tertiary/aromatic N) is 3. The minimum absolute atomic E-state index is 0.0698. The first kappa shape index (κ1) is 17.4. The molecule has 7 heteroatoms. The topological polar surface area (TPSA) is 72.5 Å². The van der Waals surface area contributed by atoms with E-state index in [-0.39, 0.29) is 11.7 Å². The van der Waals surface area contributed by atoms with E-state index in [9.17, 15) is 9.90 Å². The Balaban J connectivity index is 1.43. The van der Waals surface area contributed by atoms with Crippen LogP contribution in [0.4, 0.5) is 5.69 Å². The molecular formula is C20H19ClN4O2. The van der Waals surface area contributed by atoms with Crippen molar-refractivity contribution < 1.29 is 9.90 Å². The van der Waals surface area contributed by atoms with Crippen molar-refractivity contribution in [1.82, 2.24) is 15.1 Å². The van der Waals surface area contributed by atoms with Crippen LogP contribution in [0.3, 0.4) is 0 Å². The first-order valence-corrected chi connectivity index (χ1v) is 9.13. The lowest BCUT2D eigenvalue weighted by Gasteiger charge is -2.36. The number of hydrogen-bond acceptors (Lipinski definition) is 4. The van der Waals surface area contributed by atoms with Gasteiger partial charge in [-0.2, -0.15) is 5.10 Å². The van der Waals surface area contributed by atoms with E-state index in [1.807, 2.05) is 24.3 Å². The highest BCUT2D eigenvalue weighted by atomic mass is 35.5. The zero-order valence-electron chi connectivity index (χ0n) is 14.6. The zero-order chi connectivity index (χ0) is 18.8. The lowest BCUT2D eigenvalue weighted by molar-refractivity contribution is 0.0741. The van der Waals surface area contributed by atoms with E-state index in [1.165, 1.54) is 0 Å². The van der Waals surface area contributed by atoms with Gasteiger partial charge in [-0.1, -0.05) is 35.9 Å². The van der Waals surface area contributed by atoms with Crippen molar-refractivity contribution in [1.29, 1.82) is 0 Å². The molecule has 6 nitrogen and oxygen atoms in total. The van der Waals surface area contributed by atoms with Crippen LogP contribution >= 0.6 is 11.6 Å². The number of phenols is 1. The van der Waals surface area contributed by atoms with Gasteiger partial charge in [0, 0.05) is 36.8 Å². The van der Waals surface area contributed by atoms with E-state index in [1.54, 1.807) is 35.2 Å². The molecule has 0 aliphatic carbocycles. The summed E-state index contributed by atoms with van der Waals surface area (Å²) in [4.78, 5) is 16.7. The zero-order valence-corrected chi connectivity index (χ0v) is 15.4. The summed E-state index contributed by atoms with van der Waals surface area (Å²) in [6.07, 6.45) is 0. The molecule has 3 aromatic rings. The Morgan fingerprint density at radius 2 is 1.74 bits per heavy atom. The molecule has 0 saturated carbocycles. The fourth-order valence-corrected chi connectivity index (χ4v) is 3.38. The molecule has 2 heterocycles. The third-order valence-corrected chi connectivity index (χ3v) is 4.99. The minimum atomic E-state index is -0.0698. The van der Waals surface area contributed by atoms with Crippen molar-refractivity contribution in [3.05, 3.63) is 65.3 Å². The number of nitrogens with one attached hydrogen (secondary N) is 1. The number of H-pyrrole nitrogens is 1. The number of carbonyl (C=O) groups excluding carboxylic acids is 1. The van der Waals surface area contributed by atoms with E-state index in [0.717, 1.165) is 11.3 Å². The van der Waals surface area contributed by atoms with Crippen LogP contribution in [0.5, 0.6) is 5.75 Å². The summed E-state index contributed by atoms with van der Waals surface area (Å²) in [7, 11) is 0. The van der Waals surface area contributed by atoms with E-state index in [2.05, 4.69) is 15.1 Å². The third-order valence-electron chi connectivity index (χ3n) is 4.74. The Morgan fingerprint density at radius 3 is 2.44 bits per heavy atom. The number of hydrogen-bond donors (Lipinski definition) is 2. The normalized spacial score (nSPS) is 14.4. The quantitative estimate of drug-likeness (QED) is 0.728. The Hall–Kier alpha value is -2.99. The summed E-state index contributed by atoms with van der Waals surface area (Å²) in [5, 5.41) is 17.7. The Morgan fingerprint density at radius 1 is 1.04 bits per heavy atom. The predicted octanol–water partition coefficient (Wildman–Crippen LogP) is 3.40. The average molecular weight is 383 g/mol. The van der Waals surface area contributed by atoms with Crippen LogP contribution in [0.15, 0.2) is 54.6 Å². The van der Waals surface area contributed by atoms with Gasteiger partial charge in [0.2, 0.25) is 0 Å². The summed E-state index contributed by atoms with van der Waals surface area (Å²) >= 11 is 5.91. The lowest BCUT2D eigenvalue weighted by atomic mass is 10.1. The van der Waals surface area contributed by atoms with Crippen LogP contribution in [0.25, 0.3) is 11.3 Å². The van der Waals surface area contributed by atoms with E-state index in [0.29, 0.717) is 42.6 Å². The second-order valence-electron chi connectivity index (χ2n) is 6.44. The van der Waals surface area contributed by atoms with Gasteiger partial charge in [0.1, 0.15) is 11.4 Å². The largest absolute Gasteiger partial charge is 0.506 e. The Labute approximate surface area is 162 Å². The molecule has 1 aliphatic heterocycles. The summed E-state index contributed by atoms with van der Waals surface area (Å²) < 4.78 is 0. The third kappa shape index (κ3) is 3.61. The number of rotatable bonds is 3. The molecule has 1 aliphatic rings. The highest BCUT2D eigenvalue weighted by molar-refractivity contribution is 6.30. The fraction of sp³-hybridized carbons (Fsp3) is 0.200. The molecule has 0 spiro atoms. The molecule has 1 aromatic heterocycles. The van der Waals surface area contributed by atoms with Crippen LogP contribution in [-0.4, -0.2) is 52.3 Å². The van der Waals surface area contributed by atoms with Gasteiger partial charge < -0.3 is 14.9 Å². The van der Waals surface area contributed by atoms with Gasteiger partial charge in [-0.15, -0.1) is 0 Å². The first-order valence-electron chi connectivity index (χ1n) is 8.75. The van der Waals surface area contributed by atoms with Crippen LogP contribution in [0.1, 0.15) is 10.5 Å². The lowest BCUT2D eigenvalue weighted by Crippen LogP contribution is -2.48. The van der Waals surface area contributed by atoms with Crippen molar-refractivity contribution in [2.45, 2.75) is 0 Å². The predicted molar refractivity (Wildman–Crippen MR) is 105 cm³/mol. The second-order valence-corrected chi connectivity index (χ2v) is 6.88. The average Bonchev–Trinajstić information content (AvgIpc) is 3.19. The summed E-state index contributed by atoms with van der Waals surface area (Å²) in [6, 6.07) is 16.4. The molecule has 0 atom stereocenters. The number of aromatic nitrogens is 2. The van der Waals surface area contributed by atoms with Crippen LogP contribution in [-0.2, 0) is 0 Å². The molecule has 2 N–H and O–H groups in total. The van der Waals surface area contributed by atoms with Crippen molar-refractivity contribution >= 4 is 23.2 Å². The highest BCUT2D eigenvalue weighted by Gasteiger charge is 2.24. The standard InChI is InChI=1S/C20H19ClN4O2/c21-15-7-5-14(6-8-15)16-13-17(23-22-16)20(27)25-11-9-24(10-12-25)18-3-1-2-4-19(18)26/h1-8,13,26H,9-12H2,(H,22,23). The number of para-hydroxylation sites is 2. The van der Waals surface area contributed by atoms with Crippen molar-refractivity contribution in [3.63, 3.8) is 0 Å². The number of anilines is 1. The molecular weight excluding hydrogens is 364 g/mol. The number of piperazine rings is 1. The van der Waals surface area contributed by atoms with Gasteiger partial charge in [-0.25, -0.2) is 0 Å². The Kier molecular flexibility index (Phi) is 4.73. The number of benzene rings is 2. The number of phenolic OH excluding ortho intramolecular Hbond substituents is 1. The maximum atomic E-state index is 12.8. The summed E-state index contributed by atoms with van der Waals surface area (Å²) in [6.45, 7) is 2.51. The van der Waals surface area contributed by atoms with Gasteiger partial charge in [-0.05, 0) is 30.3 Å². The van der Waals surface area contributed by atoms with Crippen LogP contribution in [0.2, 0.25) is 5.02 Å².